The van der Waals surface area contributed by atoms with Crippen LogP contribution in [0, 0.1) is 11.8 Å². The molecule has 3 aliphatic rings. The smallest absolute Gasteiger partial charge is 0.101 e. The highest BCUT2D eigenvalue weighted by molar-refractivity contribution is 5.26. The summed E-state index contributed by atoms with van der Waals surface area (Å²) >= 11 is 0. The van der Waals surface area contributed by atoms with Crippen molar-refractivity contribution in [1.82, 2.24) is 0 Å². The molecule has 3 unspecified atom stereocenters. The van der Waals surface area contributed by atoms with E-state index in [1.165, 1.54) is 51.4 Å². The monoisotopic (exact) mass is 194 g/mol. The second kappa shape index (κ2) is 3.23. The second-order valence-corrected chi connectivity index (χ2v) is 5.45. The van der Waals surface area contributed by atoms with Crippen molar-refractivity contribution in [3.8, 4) is 0 Å². The Balaban J connectivity index is 1.48. The molecule has 0 N–H and O–H groups in total. The maximum absolute atomic E-state index is 6.01. The van der Waals surface area contributed by atoms with Crippen LogP contribution >= 0.6 is 0 Å². The van der Waals surface area contributed by atoms with Crippen LogP contribution in [0.3, 0.4) is 0 Å². The van der Waals surface area contributed by atoms with E-state index in [0.717, 1.165) is 11.8 Å². The first-order valence-electron chi connectivity index (χ1n) is 6.57. The molecule has 3 rings (SSSR count). The minimum absolute atomic E-state index is 0.463. The summed E-state index contributed by atoms with van der Waals surface area (Å²) in [4.78, 5) is 0. The number of unbranched alkanes of at least 4 members (excludes halogenated alkanes) is 2. The first-order chi connectivity index (χ1) is 6.89. The molecule has 2 aliphatic carbocycles. The van der Waals surface area contributed by atoms with Gasteiger partial charge in [0.1, 0.15) is 5.60 Å². The zero-order chi connectivity index (χ0) is 9.60. The maximum atomic E-state index is 6.01. The number of hydrogen-bond acceptors (Lipinski definition) is 1. The normalized spacial score (nSPS) is 49.1. The van der Waals surface area contributed by atoms with Gasteiger partial charge in [-0.1, -0.05) is 39.0 Å². The van der Waals surface area contributed by atoms with Gasteiger partial charge in [-0.2, -0.15) is 0 Å². The van der Waals surface area contributed by atoms with Crippen molar-refractivity contribution >= 4 is 0 Å². The molecule has 1 aliphatic heterocycles. The lowest BCUT2D eigenvalue weighted by molar-refractivity contribution is 0.336. The molecule has 0 aromatic rings. The van der Waals surface area contributed by atoms with Gasteiger partial charge in [0.15, 0.2) is 0 Å². The highest BCUT2D eigenvalue weighted by Crippen LogP contribution is 2.72. The highest BCUT2D eigenvalue weighted by atomic mass is 16.6. The largest absolute Gasteiger partial charge is 0.365 e. The fourth-order valence-corrected chi connectivity index (χ4v) is 3.84. The Morgan fingerprint density at radius 3 is 2.50 bits per heavy atom. The third-order valence-electron chi connectivity index (χ3n) is 4.68. The summed E-state index contributed by atoms with van der Waals surface area (Å²) in [6.07, 6.45) is 12.0. The molecule has 0 bridgehead atoms. The fourth-order valence-electron chi connectivity index (χ4n) is 3.84. The predicted molar refractivity (Wildman–Crippen MR) is 57.2 cm³/mol. The van der Waals surface area contributed by atoms with Gasteiger partial charge in [0.25, 0.3) is 0 Å². The minimum atomic E-state index is 0.463. The molecule has 1 spiro atoms. The Labute approximate surface area is 87.2 Å². The van der Waals surface area contributed by atoms with Crippen molar-refractivity contribution in [2.24, 2.45) is 11.8 Å². The Hall–Kier alpha value is -0.0400. The number of ether oxygens (including phenoxy) is 1. The summed E-state index contributed by atoms with van der Waals surface area (Å²) in [6, 6.07) is 0. The predicted octanol–water partition coefficient (Wildman–Crippen LogP) is 3.52. The molecule has 0 aromatic heterocycles. The molecule has 2 saturated carbocycles. The van der Waals surface area contributed by atoms with Crippen LogP contribution in [-0.2, 0) is 4.74 Å². The van der Waals surface area contributed by atoms with E-state index in [1.54, 1.807) is 0 Å². The summed E-state index contributed by atoms with van der Waals surface area (Å²) < 4.78 is 6.01. The molecule has 0 aromatic carbocycles. The molecule has 3 atom stereocenters. The molecule has 1 heteroatoms. The van der Waals surface area contributed by atoms with Crippen LogP contribution in [-0.4, -0.2) is 11.7 Å². The van der Waals surface area contributed by atoms with Crippen LogP contribution in [0.2, 0.25) is 0 Å². The molecule has 1 saturated heterocycles. The lowest BCUT2D eigenvalue weighted by Gasteiger charge is -2.03. The van der Waals surface area contributed by atoms with Gasteiger partial charge < -0.3 is 4.74 Å². The molecular weight excluding hydrogens is 172 g/mol. The average Bonchev–Trinajstić information content (AvgIpc) is 3.09. The van der Waals surface area contributed by atoms with Crippen LogP contribution in [0.4, 0.5) is 0 Å². The molecule has 1 nitrogen and oxygen atoms in total. The van der Waals surface area contributed by atoms with Gasteiger partial charge >= 0.3 is 0 Å². The van der Waals surface area contributed by atoms with Crippen molar-refractivity contribution in [2.75, 3.05) is 0 Å². The third kappa shape index (κ3) is 1.18. The van der Waals surface area contributed by atoms with Gasteiger partial charge in [0.05, 0.1) is 6.10 Å². The van der Waals surface area contributed by atoms with Gasteiger partial charge in [0.2, 0.25) is 0 Å². The van der Waals surface area contributed by atoms with E-state index in [2.05, 4.69) is 6.92 Å². The first kappa shape index (κ1) is 9.21. The van der Waals surface area contributed by atoms with E-state index in [4.69, 9.17) is 4.74 Å². The Kier molecular flexibility index (Phi) is 2.12. The third-order valence-corrected chi connectivity index (χ3v) is 4.68. The molecular formula is C13H22O. The topological polar surface area (TPSA) is 12.5 Å². The van der Waals surface area contributed by atoms with E-state index < -0.39 is 0 Å². The number of fused-ring (bicyclic) bond motifs is 3. The van der Waals surface area contributed by atoms with Crippen LogP contribution in [0.5, 0.6) is 0 Å². The van der Waals surface area contributed by atoms with Gasteiger partial charge in [-0.05, 0) is 31.1 Å². The van der Waals surface area contributed by atoms with Gasteiger partial charge in [-0.25, -0.2) is 0 Å². The number of epoxide rings is 1. The Morgan fingerprint density at radius 2 is 1.86 bits per heavy atom. The lowest BCUT2D eigenvalue weighted by Crippen LogP contribution is -1.97. The zero-order valence-electron chi connectivity index (χ0n) is 9.30. The van der Waals surface area contributed by atoms with Gasteiger partial charge in [-0.15, -0.1) is 0 Å². The molecule has 14 heavy (non-hydrogen) atoms. The summed E-state index contributed by atoms with van der Waals surface area (Å²) in [7, 11) is 0. The molecule has 0 radical (unpaired) electrons. The van der Waals surface area contributed by atoms with E-state index >= 15 is 0 Å². The molecule has 0 amide bonds. The summed E-state index contributed by atoms with van der Waals surface area (Å²) in [5, 5.41) is 0. The van der Waals surface area contributed by atoms with Crippen molar-refractivity contribution in [1.29, 1.82) is 0 Å². The van der Waals surface area contributed by atoms with Gasteiger partial charge in [0, 0.05) is 0 Å². The molecule has 80 valence electrons. The van der Waals surface area contributed by atoms with E-state index in [9.17, 15) is 0 Å². The maximum Gasteiger partial charge on any atom is 0.101 e. The lowest BCUT2D eigenvalue weighted by atomic mass is 10.0. The molecule has 1 heterocycles. The SMILES string of the molecule is CCCCCC1OC12C1CCCCC12. The summed E-state index contributed by atoms with van der Waals surface area (Å²) in [5.74, 6) is 1.98. The van der Waals surface area contributed by atoms with Gasteiger partial charge in [-0.3, -0.25) is 0 Å². The van der Waals surface area contributed by atoms with Crippen LogP contribution in [0.25, 0.3) is 0 Å². The number of hydrogen-bond donors (Lipinski definition) is 0. The fraction of sp³-hybridized carbons (Fsp3) is 1.00. The standard InChI is InChI=1S/C13H22O/c1-2-3-4-9-12-13(14-12)10-7-5-6-8-11(10)13/h10-12H,2-9H2,1H3. The highest BCUT2D eigenvalue weighted by Gasteiger charge is 2.79. The summed E-state index contributed by atoms with van der Waals surface area (Å²) in [6.45, 7) is 2.28. The van der Waals surface area contributed by atoms with E-state index in [0.29, 0.717) is 11.7 Å². The van der Waals surface area contributed by atoms with Crippen molar-refractivity contribution in [3.63, 3.8) is 0 Å². The van der Waals surface area contributed by atoms with Crippen molar-refractivity contribution in [2.45, 2.75) is 70.0 Å². The van der Waals surface area contributed by atoms with Crippen LogP contribution < -0.4 is 0 Å². The van der Waals surface area contributed by atoms with Crippen LogP contribution in [0.15, 0.2) is 0 Å². The first-order valence-corrected chi connectivity index (χ1v) is 6.57. The van der Waals surface area contributed by atoms with E-state index in [-0.39, 0.29) is 0 Å². The van der Waals surface area contributed by atoms with E-state index in [1.807, 2.05) is 0 Å². The quantitative estimate of drug-likeness (QED) is 0.493. The van der Waals surface area contributed by atoms with Crippen molar-refractivity contribution in [3.05, 3.63) is 0 Å². The second-order valence-electron chi connectivity index (χ2n) is 5.45. The molecule has 3 fully saturated rings. The minimum Gasteiger partial charge on any atom is -0.365 e. The number of rotatable bonds is 4. The zero-order valence-corrected chi connectivity index (χ0v) is 9.30. The summed E-state index contributed by atoms with van der Waals surface area (Å²) in [5.41, 5.74) is 0.463. The average molecular weight is 194 g/mol. The van der Waals surface area contributed by atoms with Crippen molar-refractivity contribution < 1.29 is 4.74 Å². The Morgan fingerprint density at radius 1 is 1.14 bits per heavy atom. The Bertz CT molecular complexity index is 211. The van der Waals surface area contributed by atoms with Crippen LogP contribution in [0.1, 0.15) is 58.3 Å².